The van der Waals surface area contributed by atoms with Crippen molar-refractivity contribution in [2.24, 2.45) is 0 Å². The van der Waals surface area contributed by atoms with Crippen LogP contribution in [-0.2, 0) is 6.54 Å². The van der Waals surface area contributed by atoms with Gasteiger partial charge in [0.05, 0.1) is 5.52 Å². The minimum atomic E-state index is 0.200. The number of nitrogens with zero attached hydrogens (tertiary/aromatic N) is 1. The number of H-pyrrole nitrogens is 1. The zero-order chi connectivity index (χ0) is 14.1. The summed E-state index contributed by atoms with van der Waals surface area (Å²) in [5.41, 5.74) is 4.27. The molecule has 3 nitrogen and oxygen atoms in total. The van der Waals surface area contributed by atoms with Crippen LogP contribution in [0.1, 0.15) is 36.1 Å². The van der Waals surface area contributed by atoms with Crippen molar-refractivity contribution in [3.63, 3.8) is 0 Å². The van der Waals surface area contributed by atoms with Crippen molar-refractivity contribution in [2.45, 2.75) is 39.7 Å². The lowest BCUT2D eigenvalue weighted by molar-refractivity contribution is 0.220. The van der Waals surface area contributed by atoms with Gasteiger partial charge in [-0.25, -0.2) is 0 Å². The van der Waals surface area contributed by atoms with Crippen LogP contribution < -0.4 is 5.43 Å². The van der Waals surface area contributed by atoms with Gasteiger partial charge in [-0.05, 0) is 51.4 Å². The number of aromatic amines is 1. The summed E-state index contributed by atoms with van der Waals surface area (Å²) < 4.78 is 0. The number of aryl methyl sites for hydroxylation is 2. The minimum Gasteiger partial charge on any atom is -0.358 e. The van der Waals surface area contributed by atoms with Gasteiger partial charge in [-0.15, -0.1) is 0 Å². The fourth-order valence-electron chi connectivity index (χ4n) is 3.15. The number of piperidine rings is 1. The maximum atomic E-state index is 12.7. The monoisotopic (exact) mass is 270 g/mol. The van der Waals surface area contributed by atoms with Gasteiger partial charge in [0.25, 0.3) is 0 Å². The van der Waals surface area contributed by atoms with Crippen LogP contribution in [0.15, 0.2) is 23.0 Å². The lowest BCUT2D eigenvalue weighted by atomic mass is 10.0. The van der Waals surface area contributed by atoms with E-state index in [1.807, 2.05) is 32.0 Å². The normalized spacial score (nSPS) is 16.7. The minimum absolute atomic E-state index is 0.200. The van der Waals surface area contributed by atoms with Gasteiger partial charge < -0.3 is 4.98 Å². The van der Waals surface area contributed by atoms with Crippen molar-refractivity contribution >= 4 is 10.9 Å². The zero-order valence-corrected chi connectivity index (χ0v) is 12.3. The molecule has 1 saturated heterocycles. The average molecular weight is 270 g/mol. The Morgan fingerprint density at radius 1 is 1.15 bits per heavy atom. The van der Waals surface area contributed by atoms with E-state index < -0.39 is 0 Å². The van der Waals surface area contributed by atoms with Crippen molar-refractivity contribution in [3.8, 4) is 0 Å². The maximum Gasteiger partial charge on any atom is 0.194 e. The Bertz CT molecular complexity index is 681. The fourth-order valence-corrected chi connectivity index (χ4v) is 3.15. The van der Waals surface area contributed by atoms with Gasteiger partial charge in [0, 0.05) is 23.2 Å². The molecule has 1 aliphatic rings. The summed E-state index contributed by atoms with van der Waals surface area (Å²) in [5.74, 6) is 0. The third-order valence-electron chi connectivity index (χ3n) is 4.39. The number of rotatable bonds is 2. The smallest absolute Gasteiger partial charge is 0.194 e. The van der Waals surface area contributed by atoms with Crippen LogP contribution >= 0.6 is 0 Å². The van der Waals surface area contributed by atoms with Crippen molar-refractivity contribution in [3.05, 3.63) is 45.2 Å². The van der Waals surface area contributed by atoms with Crippen LogP contribution in [0.3, 0.4) is 0 Å². The number of pyridine rings is 1. The van der Waals surface area contributed by atoms with E-state index in [2.05, 4.69) is 9.88 Å². The number of nitrogens with one attached hydrogen (secondary N) is 1. The maximum absolute atomic E-state index is 12.7. The van der Waals surface area contributed by atoms with Gasteiger partial charge >= 0.3 is 0 Å². The molecule has 0 bridgehead atoms. The lowest BCUT2D eigenvalue weighted by Crippen LogP contribution is -2.32. The quantitative estimate of drug-likeness (QED) is 0.910. The molecule has 1 N–H and O–H groups in total. The summed E-state index contributed by atoms with van der Waals surface area (Å²) in [4.78, 5) is 18.6. The third-order valence-corrected chi connectivity index (χ3v) is 4.39. The first-order chi connectivity index (χ1) is 9.66. The zero-order valence-electron chi connectivity index (χ0n) is 12.3. The van der Waals surface area contributed by atoms with E-state index in [-0.39, 0.29) is 5.43 Å². The molecule has 1 aromatic carbocycles. The molecule has 20 heavy (non-hydrogen) atoms. The van der Waals surface area contributed by atoms with Gasteiger partial charge in [0.15, 0.2) is 5.43 Å². The highest BCUT2D eigenvalue weighted by atomic mass is 16.1. The standard InChI is InChI=1S/C17H22N2O/c1-12-7-6-8-14-16(12)18-13(2)15(17(14)20)11-19-9-4-3-5-10-19/h6-8H,3-5,9-11H2,1-2H3,(H,18,20). The summed E-state index contributed by atoms with van der Waals surface area (Å²) in [7, 11) is 0. The summed E-state index contributed by atoms with van der Waals surface area (Å²) in [6, 6.07) is 5.94. The number of para-hydroxylation sites is 1. The molecule has 0 spiro atoms. The van der Waals surface area contributed by atoms with Gasteiger partial charge in [-0.1, -0.05) is 18.6 Å². The molecule has 3 heteroatoms. The molecular weight excluding hydrogens is 248 g/mol. The number of benzene rings is 1. The average Bonchev–Trinajstić information content (AvgIpc) is 2.46. The largest absolute Gasteiger partial charge is 0.358 e. The Morgan fingerprint density at radius 2 is 1.90 bits per heavy atom. The fraction of sp³-hybridized carbons (Fsp3) is 0.471. The highest BCUT2D eigenvalue weighted by Crippen LogP contribution is 2.17. The van der Waals surface area contributed by atoms with Crippen LogP contribution in [0.25, 0.3) is 10.9 Å². The molecule has 0 saturated carbocycles. The lowest BCUT2D eigenvalue weighted by Gasteiger charge is -2.26. The molecule has 1 aromatic heterocycles. The molecule has 3 rings (SSSR count). The van der Waals surface area contributed by atoms with Gasteiger partial charge in [0.1, 0.15) is 0 Å². The van der Waals surface area contributed by atoms with Crippen molar-refractivity contribution in [1.82, 2.24) is 9.88 Å². The first kappa shape index (κ1) is 13.4. The number of aromatic nitrogens is 1. The second-order valence-electron chi connectivity index (χ2n) is 5.89. The Balaban J connectivity index is 2.04. The van der Waals surface area contributed by atoms with Crippen molar-refractivity contribution in [2.75, 3.05) is 13.1 Å². The van der Waals surface area contributed by atoms with Crippen LogP contribution in [0.5, 0.6) is 0 Å². The van der Waals surface area contributed by atoms with Gasteiger partial charge in [-0.3, -0.25) is 9.69 Å². The molecular formula is C17H22N2O. The Morgan fingerprint density at radius 3 is 2.65 bits per heavy atom. The highest BCUT2D eigenvalue weighted by molar-refractivity contribution is 5.82. The summed E-state index contributed by atoms with van der Waals surface area (Å²) >= 11 is 0. The molecule has 0 aliphatic carbocycles. The molecule has 0 unspecified atom stereocenters. The molecule has 0 radical (unpaired) electrons. The summed E-state index contributed by atoms with van der Waals surface area (Å²) in [6.07, 6.45) is 3.83. The van der Waals surface area contributed by atoms with Crippen LogP contribution in [-0.4, -0.2) is 23.0 Å². The van der Waals surface area contributed by atoms with E-state index in [1.165, 1.54) is 19.3 Å². The van der Waals surface area contributed by atoms with Gasteiger partial charge in [-0.2, -0.15) is 0 Å². The Kier molecular flexibility index (Phi) is 3.62. The van der Waals surface area contributed by atoms with Crippen molar-refractivity contribution in [1.29, 1.82) is 0 Å². The third kappa shape index (κ3) is 2.38. The van der Waals surface area contributed by atoms with Gasteiger partial charge in [0.2, 0.25) is 0 Å². The van der Waals surface area contributed by atoms with E-state index in [0.717, 1.165) is 47.4 Å². The van der Waals surface area contributed by atoms with Crippen LogP contribution in [0, 0.1) is 13.8 Å². The van der Waals surface area contributed by atoms with E-state index in [9.17, 15) is 4.79 Å². The van der Waals surface area contributed by atoms with Crippen LogP contribution in [0.2, 0.25) is 0 Å². The molecule has 2 heterocycles. The molecule has 0 amide bonds. The molecule has 2 aromatic rings. The molecule has 0 atom stereocenters. The Labute approximate surface area is 119 Å². The van der Waals surface area contributed by atoms with E-state index in [1.54, 1.807) is 0 Å². The summed E-state index contributed by atoms with van der Waals surface area (Å²) in [6.45, 7) is 7.08. The number of hydrogen-bond donors (Lipinski definition) is 1. The van der Waals surface area contributed by atoms with E-state index in [4.69, 9.17) is 0 Å². The first-order valence-electron chi connectivity index (χ1n) is 7.50. The highest BCUT2D eigenvalue weighted by Gasteiger charge is 2.16. The molecule has 1 fully saturated rings. The van der Waals surface area contributed by atoms with E-state index >= 15 is 0 Å². The first-order valence-corrected chi connectivity index (χ1v) is 7.50. The predicted molar refractivity (Wildman–Crippen MR) is 83.2 cm³/mol. The second-order valence-corrected chi connectivity index (χ2v) is 5.89. The predicted octanol–water partition coefficient (Wildman–Crippen LogP) is 3.13. The molecule has 1 aliphatic heterocycles. The molecule has 106 valence electrons. The van der Waals surface area contributed by atoms with Crippen molar-refractivity contribution < 1.29 is 0 Å². The van der Waals surface area contributed by atoms with Crippen LogP contribution in [0.4, 0.5) is 0 Å². The topological polar surface area (TPSA) is 36.1 Å². The number of hydrogen-bond acceptors (Lipinski definition) is 2. The number of fused-ring (bicyclic) bond motifs is 1. The second kappa shape index (κ2) is 5.41. The Hall–Kier alpha value is -1.61. The summed E-state index contributed by atoms with van der Waals surface area (Å²) in [5, 5.41) is 0.822. The SMILES string of the molecule is Cc1[nH]c2c(C)cccc2c(=O)c1CN1CCCCC1. The van der Waals surface area contributed by atoms with E-state index in [0.29, 0.717) is 0 Å². The number of likely N-dealkylation sites (tertiary alicyclic amines) is 1.